The molecule has 0 spiro atoms. The Hall–Kier alpha value is -2.42. The quantitative estimate of drug-likeness (QED) is 0.889. The van der Waals surface area contributed by atoms with E-state index in [9.17, 15) is 13.2 Å². The van der Waals surface area contributed by atoms with Crippen molar-refractivity contribution in [2.45, 2.75) is 6.36 Å². The fourth-order valence-corrected chi connectivity index (χ4v) is 1.56. The van der Waals surface area contributed by atoms with Crippen LogP contribution in [0.5, 0.6) is 5.75 Å². The lowest BCUT2D eigenvalue weighted by atomic mass is 10.1. The van der Waals surface area contributed by atoms with Gasteiger partial charge in [-0.15, -0.1) is 13.2 Å². The van der Waals surface area contributed by atoms with Gasteiger partial charge in [-0.3, -0.25) is 0 Å². The van der Waals surface area contributed by atoms with Crippen LogP contribution in [0.1, 0.15) is 5.56 Å². The van der Waals surface area contributed by atoms with E-state index >= 15 is 0 Å². The molecule has 0 amide bonds. The number of ether oxygens (including phenoxy) is 1. The molecule has 1 N–H and O–H groups in total. The Kier molecular flexibility index (Phi) is 2.98. The largest absolute Gasteiger partial charge is 0.573 e. The van der Waals surface area contributed by atoms with E-state index in [0.29, 0.717) is 16.7 Å². The molecule has 0 radical (unpaired) electrons. The van der Waals surface area contributed by atoms with Crippen LogP contribution in [0.25, 0.3) is 11.1 Å². The summed E-state index contributed by atoms with van der Waals surface area (Å²) in [6, 6.07) is 7.42. The van der Waals surface area contributed by atoms with Crippen molar-refractivity contribution in [2.75, 3.05) is 0 Å². The van der Waals surface area contributed by atoms with Gasteiger partial charge in [0.05, 0.1) is 5.56 Å². The molecule has 0 bridgehead atoms. The first kappa shape index (κ1) is 12.0. The summed E-state index contributed by atoms with van der Waals surface area (Å²) in [5, 5.41) is 8.84. The van der Waals surface area contributed by atoms with Gasteiger partial charge in [-0.25, -0.2) is 0 Å². The number of hydrogen-bond donors (Lipinski definition) is 1. The predicted molar refractivity (Wildman–Crippen MR) is 57.6 cm³/mol. The second kappa shape index (κ2) is 4.45. The zero-order valence-corrected chi connectivity index (χ0v) is 8.95. The molecule has 0 aliphatic rings. The molecule has 0 saturated heterocycles. The van der Waals surface area contributed by atoms with Crippen LogP contribution >= 0.6 is 0 Å². The molecule has 92 valence electrons. The number of nitrogens with zero attached hydrogens (tertiary/aromatic N) is 1. The SMILES string of the molecule is N#Cc1c[nH]cc1-c1cccc(OC(F)(F)F)c1. The second-order valence-electron chi connectivity index (χ2n) is 3.47. The molecule has 1 aromatic carbocycles. The molecule has 0 atom stereocenters. The summed E-state index contributed by atoms with van der Waals surface area (Å²) in [5.74, 6) is -0.315. The van der Waals surface area contributed by atoms with E-state index < -0.39 is 6.36 Å². The van der Waals surface area contributed by atoms with E-state index in [1.54, 1.807) is 12.3 Å². The van der Waals surface area contributed by atoms with Gasteiger partial charge < -0.3 is 9.72 Å². The molecule has 3 nitrogen and oxygen atoms in total. The topological polar surface area (TPSA) is 48.8 Å². The first-order chi connectivity index (χ1) is 8.49. The third-order valence-corrected chi connectivity index (χ3v) is 2.24. The lowest BCUT2D eigenvalue weighted by Crippen LogP contribution is -2.17. The van der Waals surface area contributed by atoms with Gasteiger partial charge in [0.2, 0.25) is 0 Å². The minimum atomic E-state index is -4.73. The van der Waals surface area contributed by atoms with Crippen LogP contribution in [0, 0.1) is 11.3 Å². The van der Waals surface area contributed by atoms with Crippen LogP contribution in [0.2, 0.25) is 0 Å². The zero-order valence-electron chi connectivity index (χ0n) is 8.95. The molecule has 2 rings (SSSR count). The molecule has 2 aromatic rings. The number of aromatic nitrogens is 1. The highest BCUT2D eigenvalue weighted by molar-refractivity contribution is 5.70. The number of hydrogen-bond acceptors (Lipinski definition) is 2. The molecule has 18 heavy (non-hydrogen) atoms. The van der Waals surface area contributed by atoms with E-state index in [0.717, 1.165) is 0 Å². The van der Waals surface area contributed by atoms with E-state index in [2.05, 4.69) is 9.72 Å². The number of aromatic amines is 1. The molecule has 0 unspecified atom stereocenters. The van der Waals surface area contributed by atoms with E-state index in [4.69, 9.17) is 5.26 Å². The molecule has 0 saturated carbocycles. The Balaban J connectivity index is 2.37. The smallest absolute Gasteiger partial charge is 0.406 e. The minimum Gasteiger partial charge on any atom is -0.406 e. The molecule has 1 heterocycles. The van der Waals surface area contributed by atoms with Crippen molar-refractivity contribution in [3.63, 3.8) is 0 Å². The lowest BCUT2D eigenvalue weighted by molar-refractivity contribution is -0.274. The van der Waals surface area contributed by atoms with E-state index in [1.807, 2.05) is 6.07 Å². The number of benzene rings is 1. The van der Waals surface area contributed by atoms with E-state index in [1.165, 1.54) is 24.4 Å². The first-order valence-electron chi connectivity index (χ1n) is 4.92. The number of alkyl halides is 3. The summed E-state index contributed by atoms with van der Waals surface area (Å²) in [6.07, 6.45) is -1.70. The molecule has 0 aliphatic heterocycles. The van der Waals surface area contributed by atoms with Crippen LogP contribution < -0.4 is 4.74 Å². The summed E-state index contributed by atoms with van der Waals surface area (Å²) in [7, 11) is 0. The molecular weight excluding hydrogens is 245 g/mol. The highest BCUT2D eigenvalue weighted by Crippen LogP contribution is 2.29. The van der Waals surface area contributed by atoms with Gasteiger partial charge in [-0.05, 0) is 17.7 Å². The normalized spacial score (nSPS) is 11.0. The Labute approximate surface area is 100 Å². The number of halogens is 3. The number of rotatable bonds is 2. The van der Waals surface area contributed by atoms with Crippen LogP contribution in [0.4, 0.5) is 13.2 Å². The Morgan fingerprint density at radius 3 is 2.67 bits per heavy atom. The average Bonchev–Trinajstić information content (AvgIpc) is 2.75. The maximum absolute atomic E-state index is 12.1. The molecule has 1 aromatic heterocycles. The summed E-state index contributed by atoms with van der Waals surface area (Å²) < 4.78 is 40.1. The number of nitriles is 1. The van der Waals surface area contributed by atoms with Gasteiger partial charge in [-0.1, -0.05) is 12.1 Å². The van der Waals surface area contributed by atoms with Crippen molar-refractivity contribution in [2.24, 2.45) is 0 Å². The van der Waals surface area contributed by atoms with Gasteiger partial charge in [0, 0.05) is 18.0 Å². The van der Waals surface area contributed by atoms with Gasteiger partial charge in [-0.2, -0.15) is 5.26 Å². The number of nitrogens with one attached hydrogen (secondary N) is 1. The maximum atomic E-state index is 12.1. The van der Waals surface area contributed by atoms with Crippen LogP contribution in [0.15, 0.2) is 36.7 Å². The summed E-state index contributed by atoms with van der Waals surface area (Å²) in [5.41, 5.74) is 1.37. The molecule has 0 aliphatic carbocycles. The third kappa shape index (κ3) is 2.63. The van der Waals surface area contributed by atoms with Gasteiger partial charge in [0.25, 0.3) is 0 Å². The van der Waals surface area contributed by atoms with Gasteiger partial charge in [0.1, 0.15) is 11.8 Å². The van der Waals surface area contributed by atoms with Crippen molar-refractivity contribution >= 4 is 0 Å². The number of H-pyrrole nitrogens is 1. The maximum Gasteiger partial charge on any atom is 0.573 e. The Morgan fingerprint density at radius 2 is 2.00 bits per heavy atom. The van der Waals surface area contributed by atoms with Crippen LogP contribution in [-0.4, -0.2) is 11.3 Å². The standard InChI is InChI=1S/C12H7F3N2O/c13-12(14,15)18-10-3-1-2-8(4-10)11-7-17-6-9(11)5-16/h1-4,6-7,17H. The molecule has 6 heteroatoms. The monoisotopic (exact) mass is 252 g/mol. The summed E-state index contributed by atoms with van der Waals surface area (Å²) in [4.78, 5) is 2.73. The third-order valence-electron chi connectivity index (χ3n) is 2.24. The van der Waals surface area contributed by atoms with Gasteiger partial charge >= 0.3 is 6.36 Å². The second-order valence-corrected chi connectivity index (χ2v) is 3.47. The lowest BCUT2D eigenvalue weighted by Gasteiger charge is -2.09. The highest BCUT2D eigenvalue weighted by atomic mass is 19.4. The summed E-state index contributed by atoms with van der Waals surface area (Å²) >= 11 is 0. The van der Waals surface area contributed by atoms with Crippen molar-refractivity contribution in [1.82, 2.24) is 4.98 Å². The van der Waals surface area contributed by atoms with Crippen molar-refractivity contribution in [3.8, 4) is 22.9 Å². The van der Waals surface area contributed by atoms with Gasteiger partial charge in [0.15, 0.2) is 0 Å². The first-order valence-corrected chi connectivity index (χ1v) is 4.92. The molecular formula is C12H7F3N2O. The highest BCUT2D eigenvalue weighted by Gasteiger charge is 2.31. The van der Waals surface area contributed by atoms with Crippen LogP contribution in [-0.2, 0) is 0 Å². The van der Waals surface area contributed by atoms with Crippen molar-refractivity contribution in [3.05, 3.63) is 42.2 Å². The minimum absolute atomic E-state index is 0.315. The van der Waals surface area contributed by atoms with Crippen molar-refractivity contribution < 1.29 is 17.9 Å². The Bertz CT molecular complexity index is 596. The zero-order chi connectivity index (χ0) is 13.2. The van der Waals surface area contributed by atoms with E-state index in [-0.39, 0.29) is 5.75 Å². The van der Waals surface area contributed by atoms with Crippen molar-refractivity contribution in [1.29, 1.82) is 5.26 Å². The summed E-state index contributed by atoms with van der Waals surface area (Å²) in [6.45, 7) is 0. The van der Waals surface area contributed by atoms with Crippen LogP contribution in [0.3, 0.4) is 0 Å². The fourth-order valence-electron chi connectivity index (χ4n) is 1.56. The molecule has 0 fully saturated rings. The average molecular weight is 252 g/mol. The predicted octanol–water partition coefficient (Wildman–Crippen LogP) is 3.45. The Morgan fingerprint density at radius 1 is 1.22 bits per heavy atom. The fraction of sp³-hybridized carbons (Fsp3) is 0.0833.